The van der Waals surface area contributed by atoms with Crippen molar-refractivity contribution in [1.29, 1.82) is 0 Å². The van der Waals surface area contributed by atoms with Gasteiger partial charge in [0.15, 0.2) is 0 Å². The first kappa shape index (κ1) is 14.0. The molecule has 1 heterocycles. The number of hydrogen-bond donors (Lipinski definition) is 3. The molecule has 1 rings (SSSR count). The minimum atomic E-state index is -0.109. The summed E-state index contributed by atoms with van der Waals surface area (Å²) in [5, 5.41) is 8.74. The molecule has 0 aromatic heterocycles. The van der Waals surface area contributed by atoms with E-state index in [4.69, 9.17) is 0 Å². The highest BCUT2D eigenvalue weighted by atomic mass is 16.2. The highest BCUT2D eigenvalue weighted by molar-refractivity contribution is 5.85. The number of amides is 2. The van der Waals surface area contributed by atoms with Crippen LogP contribution in [0, 0.1) is 5.92 Å². The molecule has 0 spiro atoms. The molecule has 1 fully saturated rings. The molecule has 0 aromatic rings. The van der Waals surface area contributed by atoms with Crippen LogP contribution in [0.4, 0.5) is 0 Å². The lowest BCUT2D eigenvalue weighted by Crippen LogP contribution is -2.45. The summed E-state index contributed by atoms with van der Waals surface area (Å²) >= 11 is 0. The van der Waals surface area contributed by atoms with Crippen LogP contribution in [-0.2, 0) is 9.59 Å². The molecule has 2 amide bonds. The third-order valence-corrected chi connectivity index (χ3v) is 2.99. The molecular weight excluding hydrogens is 218 g/mol. The molecule has 1 aliphatic heterocycles. The molecule has 2 atom stereocenters. The average Bonchev–Trinajstić information content (AvgIpc) is 2.33. The van der Waals surface area contributed by atoms with Gasteiger partial charge in [-0.15, -0.1) is 0 Å². The van der Waals surface area contributed by atoms with Gasteiger partial charge in [0.1, 0.15) is 0 Å². The minimum Gasteiger partial charge on any atom is -0.355 e. The molecule has 1 saturated heterocycles. The van der Waals surface area contributed by atoms with Crippen molar-refractivity contribution in [2.24, 2.45) is 5.92 Å². The third-order valence-electron chi connectivity index (χ3n) is 2.99. The first-order valence-electron chi connectivity index (χ1n) is 6.41. The Morgan fingerprint density at radius 1 is 1.35 bits per heavy atom. The lowest BCUT2D eigenvalue weighted by atomic mass is 9.92. The van der Waals surface area contributed by atoms with Crippen LogP contribution in [0.1, 0.15) is 33.1 Å². The molecule has 0 saturated carbocycles. The number of hydrogen-bond acceptors (Lipinski definition) is 3. The van der Waals surface area contributed by atoms with E-state index in [1.54, 1.807) is 0 Å². The van der Waals surface area contributed by atoms with Gasteiger partial charge in [0, 0.05) is 18.5 Å². The Labute approximate surface area is 103 Å². The largest absolute Gasteiger partial charge is 0.355 e. The molecule has 17 heavy (non-hydrogen) atoms. The van der Waals surface area contributed by atoms with Crippen LogP contribution >= 0.6 is 0 Å². The van der Waals surface area contributed by atoms with Gasteiger partial charge < -0.3 is 16.0 Å². The number of carbonyl (C=O) groups is 2. The highest BCUT2D eigenvalue weighted by Crippen LogP contribution is 2.15. The zero-order valence-corrected chi connectivity index (χ0v) is 10.7. The lowest BCUT2D eigenvalue weighted by Gasteiger charge is -2.26. The van der Waals surface area contributed by atoms with E-state index in [9.17, 15) is 9.59 Å². The van der Waals surface area contributed by atoms with Gasteiger partial charge >= 0.3 is 0 Å². The molecule has 5 nitrogen and oxygen atoms in total. The van der Waals surface area contributed by atoms with E-state index in [1.807, 2.05) is 6.92 Å². The van der Waals surface area contributed by atoms with Crippen LogP contribution < -0.4 is 16.0 Å². The zero-order valence-electron chi connectivity index (χ0n) is 10.7. The SMILES string of the molecule is CCCNC(=O)CNC(=O)C1CCNC(C)C1. The van der Waals surface area contributed by atoms with Crippen LogP contribution in [0.2, 0.25) is 0 Å². The molecule has 0 aromatic carbocycles. The first-order chi connectivity index (χ1) is 8.13. The highest BCUT2D eigenvalue weighted by Gasteiger charge is 2.24. The van der Waals surface area contributed by atoms with Crippen LogP contribution in [0.5, 0.6) is 0 Å². The third kappa shape index (κ3) is 5.17. The summed E-state index contributed by atoms with van der Waals surface area (Å²) in [5.74, 6) is -0.0580. The number of piperidine rings is 1. The van der Waals surface area contributed by atoms with Crippen molar-refractivity contribution in [3.63, 3.8) is 0 Å². The summed E-state index contributed by atoms with van der Waals surface area (Å²) in [6.45, 7) is 5.71. The number of rotatable bonds is 5. The fourth-order valence-corrected chi connectivity index (χ4v) is 2.01. The van der Waals surface area contributed by atoms with E-state index >= 15 is 0 Å². The fraction of sp³-hybridized carbons (Fsp3) is 0.833. The summed E-state index contributed by atoms with van der Waals surface area (Å²) in [6, 6.07) is 0.383. The maximum absolute atomic E-state index is 11.8. The second-order valence-electron chi connectivity index (χ2n) is 4.64. The fourth-order valence-electron chi connectivity index (χ4n) is 2.01. The van der Waals surface area contributed by atoms with E-state index in [0.717, 1.165) is 25.8 Å². The molecule has 0 bridgehead atoms. The molecule has 0 aliphatic carbocycles. The van der Waals surface area contributed by atoms with Gasteiger partial charge in [0.05, 0.1) is 6.54 Å². The van der Waals surface area contributed by atoms with Crippen molar-refractivity contribution < 1.29 is 9.59 Å². The van der Waals surface area contributed by atoms with Crippen LogP contribution in [0.3, 0.4) is 0 Å². The van der Waals surface area contributed by atoms with E-state index in [-0.39, 0.29) is 24.3 Å². The standard InChI is InChI=1S/C12H23N3O2/c1-3-5-14-11(16)8-15-12(17)10-4-6-13-9(2)7-10/h9-10,13H,3-8H2,1-2H3,(H,14,16)(H,15,17). The van der Waals surface area contributed by atoms with Gasteiger partial charge in [-0.3, -0.25) is 9.59 Å². The normalized spacial score (nSPS) is 24.1. The topological polar surface area (TPSA) is 70.2 Å². The van der Waals surface area contributed by atoms with E-state index in [2.05, 4.69) is 22.9 Å². The second kappa shape index (κ2) is 7.27. The maximum Gasteiger partial charge on any atom is 0.239 e. The van der Waals surface area contributed by atoms with Gasteiger partial charge in [-0.2, -0.15) is 0 Å². The van der Waals surface area contributed by atoms with Crippen molar-refractivity contribution in [1.82, 2.24) is 16.0 Å². The molecule has 98 valence electrons. The van der Waals surface area contributed by atoms with Crippen molar-refractivity contribution >= 4 is 11.8 Å². The molecule has 5 heteroatoms. The minimum absolute atomic E-state index is 0.00463. The Bertz CT molecular complexity index is 268. The van der Waals surface area contributed by atoms with Gasteiger partial charge in [-0.05, 0) is 32.7 Å². The Kier molecular flexibility index (Phi) is 5.97. The van der Waals surface area contributed by atoms with Crippen LogP contribution in [-0.4, -0.2) is 37.5 Å². The molecule has 1 aliphatic rings. The summed E-state index contributed by atoms with van der Waals surface area (Å²) in [6.07, 6.45) is 2.61. The van der Waals surface area contributed by atoms with Crippen LogP contribution in [0.25, 0.3) is 0 Å². The smallest absolute Gasteiger partial charge is 0.239 e. The van der Waals surface area contributed by atoms with Gasteiger partial charge in [0.2, 0.25) is 11.8 Å². The Balaban J connectivity index is 2.22. The molecular formula is C12H23N3O2. The van der Waals surface area contributed by atoms with Crippen LogP contribution in [0.15, 0.2) is 0 Å². The summed E-state index contributed by atoms with van der Waals surface area (Å²) in [7, 11) is 0. The summed E-state index contributed by atoms with van der Waals surface area (Å²) in [5.41, 5.74) is 0. The molecule has 3 N–H and O–H groups in total. The number of nitrogens with one attached hydrogen (secondary N) is 3. The first-order valence-corrected chi connectivity index (χ1v) is 6.41. The van der Waals surface area contributed by atoms with Crippen molar-refractivity contribution in [3.05, 3.63) is 0 Å². The Morgan fingerprint density at radius 2 is 2.12 bits per heavy atom. The average molecular weight is 241 g/mol. The monoisotopic (exact) mass is 241 g/mol. The van der Waals surface area contributed by atoms with E-state index < -0.39 is 0 Å². The summed E-state index contributed by atoms with van der Waals surface area (Å²) < 4.78 is 0. The van der Waals surface area contributed by atoms with Gasteiger partial charge in [0.25, 0.3) is 0 Å². The second-order valence-corrected chi connectivity index (χ2v) is 4.64. The van der Waals surface area contributed by atoms with Gasteiger partial charge in [-0.25, -0.2) is 0 Å². The number of carbonyl (C=O) groups excluding carboxylic acids is 2. The zero-order chi connectivity index (χ0) is 12.7. The summed E-state index contributed by atoms with van der Waals surface area (Å²) in [4.78, 5) is 23.1. The maximum atomic E-state index is 11.8. The lowest BCUT2D eigenvalue weighted by molar-refractivity contribution is -0.129. The quantitative estimate of drug-likeness (QED) is 0.635. The van der Waals surface area contributed by atoms with Crippen molar-refractivity contribution in [2.45, 2.75) is 39.2 Å². The van der Waals surface area contributed by atoms with E-state index in [1.165, 1.54) is 0 Å². The predicted molar refractivity (Wildman–Crippen MR) is 66.5 cm³/mol. The van der Waals surface area contributed by atoms with Crippen molar-refractivity contribution in [2.75, 3.05) is 19.6 Å². The van der Waals surface area contributed by atoms with E-state index in [0.29, 0.717) is 12.6 Å². The Hall–Kier alpha value is -1.10. The van der Waals surface area contributed by atoms with Gasteiger partial charge in [-0.1, -0.05) is 6.92 Å². The van der Waals surface area contributed by atoms with Crippen molar-refractivity contribution in [3.8, 4) is 0 Å². The molecule has 0 radical (unpaired) electrons. The Morgan fingerprint density at radius 3 is 2.76 bits per heavy atom. The predicted octanol–water partition coefficient (Wildman–Crippen LogP) is 0.0169. The molecule has 2 unspecified atom stereocenters.